The lowest BCUT2D eigenvalue weighted by Gasteiger charge is -2.35. The SMILES string of the molecule is CC(c1ccc(Cl)cc1)N(C)C(=O)CN1CCN(CCOc2ccccc2)CC1. The molecule has 29 heavy (non-hydrogen) atoms. The highest BCUT2D eigenvalue weighted by molar-refractivity contribution is 6.30. The maximum Gasteiger partial charge on any atom is 0.236 e. The van der Waals surface area contributed by atoms with Gasteiger partial charge in [0, 0.05) is 44.8 Å². The molecule has 1 heterocycles. The van der Waals surface area contributed by atoms with Crippen LogP contribution in [0.3, 0.4) is 0 Å². The molecule has 2 aromatic rings. The second-order valence-corrected chi connectivity index (χ2v) is 7.95. The highest BCUT2D eigenvalue weighted by Gasteiger charge is 2.23. The van der Waals surface area contributed by atoms with Crippen LogP contribution in [0.25, 0.3) is 0 Å². The summed E-state index contributed by atoms with van der Waals surface area (Å²) in [6.45, 7) is 7.83. The second-order valence-electron chi connectivity index (χ2n) is 7.51. The average molecular weight is 416 g/mol. The zero-order valence-electron chi connectivity index (χ0n) is 17.3. The number of likely N-dealkylation sites (N-methyl/N-ethyl adjacent to an activating group) is 1. The van der Waals surface area contributed by atoms with E-state index in [1.54, 1.807) is 0 Å². The molecule has 6 heteroatoms. The number of hydrogen-bond donors (Lipinski definition) is 0. The lowest BCUT2D eigenvalue weighted by Crippen LogP contribution is -2.50. The minimum atomic E-state index is 0.0243. The maximum absolute atomic E-state index is 12.7. The van der Waals surface area contributed by atoms with Gasteiger partial charge in [0.2, 0.25) is 5.91 Å². The molecule has 0 spiro atoms. The van der Waals surface area contributed by atoms with E-state index in [-0.39, 0.29) is 11.9 Å². The Kier molecular flexibility index (Phi) is 7.92. The normalized spacial score (nSPS) is 16.4. The lowest BCUT2D eigenvalue weighted by molar-refractivity contribution is -0.133. The number of nitrogens with zero attached hydrogens (tertiary/aromatic N) is 3. The van der Waals surface area contributed by atoms with Crippen molar-refractivity contribution < 1.29 is 9.53 Å². The van der Waals surface area contributed by atoms with Crippen molar-refractivity contribution in [2.45, 2.75) is 13.0 Å². The fourth-order valence-electron chi connectivity index (χ4n) is 3.46. The largest absolute Gasteiger partial charge is 0.492 e. The molecule has 0 radical (unpaired) electrons. The first-order chi connectivity index (χ1) is 14.0. The summed E-state index contributed by atoms with van der Waals surface area (Å²) >= 11 is 5.96. The highest BCUT2D eigenvalue weighted by Crippen LogP contribution is 2.21. The molecule has 0 aromatic heterocycles. The van der Waals surface area contributed by atoms with Crippen LogP contribution in [0.4, 0.5) is 0 Å². The number of para-hydroxylation sites is 1. The van der Waals surface area contributed by atoms with Crippen molar-refractivity contribution in [3.05, 3.63) is 65.2 Å². The van der Waals surface area contributed by atoms with E-state index in [9.17, 15) is 4.79 Å². The summed E-state index contributed by atoms with van der Waals surface area (Å²) in [7, 11) is 1.87. The summed E-state index contributed by atoms with van der Waals surface area (Å²) in [4.78, 5) is 19.2. The summed E-state index contributed by atoms with van der Waals surface area (Å²) in [5.74, 6) is 1.06. The Morgan fingerprint density at radius 2 is 1.66 bits per heavy atom. The third-order valence-corrected chi connectivity index (χ3v) is 5.82. The summed E-state index contributed by atoms with van der Waals surface area (Å²) < 4.78 is 5.78. The van der Waals surface area contributed by atoms with Gasteiger partial charge in [0.25, 0.3) is 0 Å². The zero-order valence-corrected chi connectivity index (χ0v) is 18.0. The molecule has 1 unspecified atom stereocenters. The molecule has 1 atom stereocenters. The van der Waals surface area contributed by atoms with Crippen LogP contribution in [0.15, 0.2) is 54.6 Å². The lowest BCUT2D eigenvalue weighted by atomic mass is 10.1. The number of ether oxygens (including phenoxy) is 1. The average Bonchev–Trinajstić information content (AvgIpc) is 2.75. The number of rotatable bonds is 8. The van der Waals surface area contributed by atoms with Crippen molar-refractivity contribution in [3.8, 4) is 5.75 Å². The van der Waals surface area contributed by atoms with E-state index in [1.807, 2.05) is 73.5 Å². The molecule has 2 aromatic carbocycles. The van der Waals surface area contributed by atoms with Crippen LogP contribution in [-0.2, 0) is 4.79 Å². The molecular weight excluding hydrogens is 386 g/mol. The quantitative estimate of drug-likeness (QED) is 0.660. The van der Waals surface area contributed by atoms with Crippen LogP contribution in [0.2, 0.25) is 5.02 Å². The summed E-state index contributed by atoms with van der Waals surface area (Å²) in [6.07, 6.45) is 0. The van der Waals surface area contributed by atoms with Crippen molar-refractivity contribution in [2.24, 2.45) is 0 Å². The first-order valence-corrected chi connectivity index (χ1v) is 10.5. The van der Waals surface area contributed by atoms with Crippen LogP contribution >= 0.6 is 11.6 Å². The fourth-order valence-corrected chi connectivity index (χ4v) is 3.59. The van der Waals surface area contributed by atoms with Crippen LogP contribution in [0.5, 0.6) is 5.75 Å². The van der Waals surface area contributed by atoms with Crippen molar-refractivity contribution in [3.63, 3.8) is 0 Å². The Labute approximate surface area is 178 Å². The van der Waals surface area contributed by atoms with Gasteiger partial charge in [-0.05, 0) is 36.8 Å². The van der Waals surface area contributed by atoms with Crippen LogP contribution in [-0.4, -0.2) is 73.5 Å². The standard InChI is InChI=1S/C23H30ClN3O2/c1-19(20-8-10-21(24)11-9-20)25(2)23(28)18-27-14-12-26(13-15-27)16-17-29-22-6-4-3-5-7-22/h3-11,19H,12-18H2,1-2H3. The number of carbonyl (C=O) groups excluding carboxylic acids is 1. The minimum absolute atomic E-state index is 0.0243. The Morgan fingerprint density at radius 3 is 2.31 bits per heavy atom. The van der Waals surface area contributed by atoms with Crippen LogP contribution < -0.4 is 4.74 Å². The molecular formula is C23H30ClN3O2. The van der Waals surface area contributed by atoms with Gasteiger partial charge in [-0.25, -0.2) is 0 Å². The Balaban J connectivity index is 1.38. The van der Waals surface area contributed by atoms with E-state index in [2.05, 4.69) is 9.80 Å². The van der Waals surface area contributed by atoms with E-state index in [0.29, 0.717) is 18.2 Å². The van der Waals surface area contributed by atoms with E-state index in [4.69, 9.17) is 16.3 Å². The van der Waals surface area contributed by atoms with Gasteiger partial charge in [-0.1, -0.05) is 41.9 Å². The Bertz CT molecular complexity index is 761. The molecule has 0 aliphatic carbocycles. The van der Waals surface area contributed by atoms with Gasteiger partial charge in [0.1, 0.15) is 12.4 Å². The summed E-state index contributed by atoms with van der Waals surface area (Å²) in [6, 6.07) is 17.6. The molecule has 1 amide bonds. The predicted molar refractivity (Wildman–Crippen MR) is 117 cm³/mol. The molecule has 1 saturated heterocycles. The van der Waals surface area contributed by atoms with E-state index in [1.165, 1.54) is 0 Å². The third-order valence-electron chi connectivity index (χ3n) is 5.57. The fraction of sp³-hybridized carbons (Fsp3) is 0.435. The molecule has 0 N–H and O–H groups in total. The molecule has 1 fully saturated rings. The van der Waals surface area contributed by atoms with Gasteiger partial charge >= 0.3 is 0 Å². The number of benzene rings is 2. The summed E-state index contributed by atoms with van der Waals surface area (Å²) in [5, 5.41) is 0.710. The number of halogens is 1. The third kappa shape index (κ3) is 6.46. The van der Waals surface area contributed by atoms with Gasteiger partial charge in [-0.3, -0.25) is 14.6 Å². The number of piperazine rings is 1. The van der Waals surface area contributed by atoms with E-state index >= 15 is 0 Å². The second kappa shape index (κ2) is 10.6. The van der Waals surface area contributed by atoms with Gasteiger partial charge in [0.05, 0.1) is 12.6 Å². The van der Waals surface area contributed by atoms with Gasteiger partial charge in [-0.2, -0.15) is 0 Å². The van der Waals surface area contributed by atoms with Gasteiger partial charge < -0.3 is 9.64 Å². The van der Waals surface area contributed by atoms with E-state index < -0.39 is 0 Å². The topological polar surface area (TPSA) is 36.0 Å². The molecule has 156 valence electrons. The molecule has 0 saturated carbocycles. The number of carbonyl (C=O) groups is 1. The molecule has 3 rings (SSSR count). The van der Waals surface area contributed by atoms with Gasteiger partial charge in [0.15, 0.2) is 0 Å². The molecule has 0 bridgehead atoms. The smallest absolute Gasteiger partial charge is 0.236 e. The van der Waals surface area contributed by atoms with Crippen LogP contribution in [0, 0.1) is 0 Å². The molecule has 1 aliphatic rings. The molecule has 5 nitrogen and oxygen atoms in total. The monoisotopic (exact) mass is 415 g/mol. The van der Waals surface area contributed by atoms with Crippen LogP contribution in [0.1, 0.15) is 18.5 Å². The first-order valence-electron chi connectivity index (χ1n) is 10.2. The Hall–Kier alpha value is -2.08. The van der Waals surface area contributed by atoms with Crippen molar-refractivity contribution in [2.75, 3.05) is 52.9 Å². The van der Waals surface area contributed by atoms with Gasteiger partial charge in [-0.15, -0.1) is 0 Å². The summed E-state index contributed by atoms with van der Waals surface area (Å²) in [5.41, 5.74) is 1.09. The number of amides is 1. The number of hydrogen-bond acceptors (Lipinski definition) is 4. The Morgan fingerprint density at radius 1 is 1.03 bits per heavy atom. The van der Waals surface area contributed by atoms with Crippen molar-refractivity contribution in [1.29, 1.82) is 0 Å². The van der Waals surface area contributed by atoms with Crippen molar-refractivity contribution in [1.82, 2.24) is 14.7 Å². The molecule has 1 aliphatic heterocycles. The maximum atomic E-state index is 12.7. The predicted octanol–water partition coefficient (Wildman–Crippen LogP) is 3.56. The zero-order chi connectivity index (χ0) is 20.6. The first kappa shape index (κ1) is 21.6. The highest BCUT2D eigenvalue weighted by atomic mass is 35.5. The minimum Gasteiger partial charge on any atom is -0.492 e. The van der Waals surface area contributed by atoms with Crippen molar-refractivity contribution >= 4 is 17.5 Å². The van der Waals surface area contributed by atoms with E-state index in [0.717, 1.165) is 44.0 Å².